The number of halogens is 5. The summed E-state index contributed by atoms with van der Waals surface area (Å²) in [5, 5.41) is 2.42. The van der Waals surface area contributed by atoms with Gasteiger partial charge >= 0.3 is 0 Å². The van der Waals surface area contributed by atoms with Crippen LogP contribution in [0.4, 0.5) is 9.52 Å². The lowest BCUT2D eigenvalue weighted by molar-refractivity contribution is 0.102. The molecule has 3 rings (SSSR count). The second-order valence-corrected chi connectivity index (χ2v) is 6.80. The highest BCUT2D eigenvalue weighted by Crippen LogP contribution is 2.36. The Morgan fingerprint density at radius 2 is 1.83 bits per heavy atom. The fourth-order valence-corrected chi connectivity index (χ4v) is 3.45. The molecule has 0 fully saturated rings. The summed E-state index contributed by atoms with van der Waals surface area (Å²) in [5.41, 5.74) is 0.370. The molecule has 1 N–H and O–H groups in total. The highest BCUT2D eigenvalue weighted by molar-refractivity contribution is 7.22. The van der Waals surface area contributed by atoms with Gasteiger partial charge in [0, 0.05) is 0 Å². The lowest BCUT2D eigenvalue weighted by Gasteiger charge is -2.07. The number of fused-ring (bicyclic) bond motifs is 1. The van der Waals surface area contributed by atoms with Crippen LogP contribution in [0.5, 0.6) is 0 Å². The van der Waals surface area contributed by atoms with Crippen molar-refractivity contribution in [2.24, 2.45) is 0 Å². The lowest BCUT2D eigenvalue weighted by Crippen LogP contribution is -2.14. The van der Waals surface area contributed by atoms with Gasteiger partial charge in [-0.3, -0.25) is 10.1 Å². The molecule has 0 aliphatic carbocycles. The number of anilines is 1. The number of hydrogen-bond donors (Lipinski definition) is 1. The largest absolute Gasteiger partial charge is 0.296 e. The van der Waals surface area contributed by atoms with Gasteiger partial charge in [0.2, 0.25) is 0 Å². The molecule has 0 saturated heterocycles. The molecule has 0 spiro atoms. The topological polar surface area (TPSA) is 54.9 Å². The maximum atomic E-state index is 13.2. The molecule has 1 aromatic carbocycles. The van der Waals surface area contributed by atoms with E-state index >= 15 is 0 Å². The molecule has 0 aliphatic rings. The highest BCUT2D eigenvalue weighted by Gasteiger charge is 2.21. The molecule has 2 heterocycles. The van der Waals surface area contributed by atoms with Crippen molar-refractivity contribution in [2.45, 2.75) is 0 Å². The van der Waals surface area contributed by atoms with Crippen LogP contribution in [0.2, 0.25) is 20.2 Å². The maximum absolute atomic E-state index is 13.2. The Balaban J connectivity index is 1.94. The zero-order valence-corrected chi connectivity index (χ0v) is 14.7. The normalized spacial score (nSPS) is 11.0. The van der Waals surface area contributed by atoms with Crippen LogP contribution in [0.1, 0.15) is 10.5 Å². The standard InChI is InChI=1S/C13H4Cl4FN3OS/c14-7-8(15)10(20-11(17)9(7)16)12(22)21-13-19-5-2-1-4(18)3-6(5)23-13/h1-3H,(H,19,21,22). The zero-order valence-electron chi connectivity index (χ0n) is 10.8. The van der Waals surface area contributed by atoms with E-state index in [9.17, 15) is 9.18 Å². The Hall–Kier alpha value is -1.18. The van der Waals surface area contributed by atoms with Crippen LogP contribution in [0, 0.1) is 5.82 Å². The summed E-state index contributed by atoms with van der Waals surface area (Å²) in [5.74, 6) is -1.05. The third kappa shape index (κ3) is 3.22. The molecular weight excluding hydrogens is 407 g/mol. The SMILES string of the molecule is O=C(Nc1nc2ccc(F)cc2s1)c1nc(Cl)c(Cl)c(Cl)c1Cl. The summed E-state index contributed by atoms with van der Waals surface area (Å²) in [7, 11) is 0. The highest BCUT2D eigenvalue weighted by atomic mass is 35.5. The van der Waals surface area contributed by atoms with Crippen molar-refractivity contribution in [1.29, 1.82) is 0 Å². The first kappa shape index (κ1) is 16.7. The van der Waals surface area contributed by atoms with Crippen LogP contribution in [-0.4, -0.2) is 15.9 Å². The Morgan fingerprint density at radius 3 is 2.57 bits per heavy atom. The summed E-state index contributed by atoms with van der Waals surface area (Å²) < 4.78 is 13.8. The van der Waals surface area contributed by atoms with E-state index in [1.807, 2.05) is 0 Å². The first-order chi connectivity index (χ1) is 10.9. The van der Waals surface area contributed by atoms with Gasteiger partial charge in [-0.25, -0.2) is 14.4 Å². The van der Waals surface area contributed by atoms with Gasteiger partial charge in [-0.05, 0) is 18.2 Å². The smallest absolute Gasteiger partial charge is 0.277 e. The van der Waals surface area contributed by atoms with Gasteiger partial charge in [-0.1, -0.05) is 57.7 Å². The third-order valence-electron chi connectivity index (χ3n) is 2.77. The van der Waals surface area contributed by atoms with Crippen molar-refractivity contribution in [3.8, 4) is 0 Å². The molecule has 0 saturated carbocycles. The van der Waals surface area contributed by atoms with Crippen molar-refractivity contribution >= 4 is 79.0 Å². The van der Waals surface area contributed by atoms with E-state index < -0.39 is 5.91 Å². The first-order valence-corrected chi connectivity index (χ1v) is 8.27. The van der Waals surface area contributed by atoms with E-state index in [0.29, 0.717) is 10.2 Å². The van der Waals surface area contributed by atoms with Crippen LogP contribution in [0.15, 0.2) is 18.2 Å². The fourth-order valence-electron chi connectivity index (χ4n) is 1.75. The van der Waals surface area contributed by atoms with Gasteiger partial charge in [0.1, 0.15) is 11.0 Å². The number of nitrogens with zero attached hydrogens (tertiary/aromatic N) is 2. The molecule has 3 aromatic rings. The van der Waals surface area contributed by atoms with Crippen molar-refractivity contribution < 1.29 is 9.18 Å². The Bertz CT molecular complexity index is 947. The van der Waals surface area contributed by atoms with Crippen LogP contribution in [0.25, 0.3) is 10.2 Å². The van der Waals surface area contributed by atoms with Gasteiger partial charge in [0.25, 0.3) is 5.91 Å². The van der Waals surface area contributed by atoms with Crippen LogP contribution >= 0.6 is 57.7 Å². The van der Waals surface area contributed by atoms with Crippen molar-refractivity contribution in [3.05, 3.63) is 49.9 Å². The molecule has 0 bridgehead atoms. The van der Waals surface area contributed by atoms with Gasteiger partial charge in [0.15, 0.2) is 10.8 Å². The van der Waals surface area contributed by atoms with Gasteiger partial charge in [-0.2, -0.15) is 0 Å². The summed E-state index contributed by atoms with van der Waals surface area (Å²) in [6, 6.07) is 4.12. The number of amides is 1. The number of carbonyl (C=O) groups excluding carboxylic acids is 1. The van der Waals surface area contributed by atoms with Crippen LogP contribution < -0.4 is 5.32 Å². The Morgan fingerprint density at radius 1 is 1.09 bits per heavy atom. The Kier molecular flexibility index (Phi) is 4.62. The second kappa shape index (κ2) is 6.37. The molecule has 0 atom stereocenters. The van der Waals surface area contributed by atoms with Crippen LogP contribution in [0.3, 0.4) is 0 Å². The van der Waals surface area contributed by atoms with Crippen molar-refractivity contribution in [3.63, 3.8) is 0 Å². The maximum Gasteiger partial charge on any atom is 0.277 e. The van der Waals surface area contributed by atoms with E-state index in [0.717, 1.165) is 11.3 Å². The minimum absolute atomic E-state index is 0.0367. The molecule has 23 heavy (non-hydrogen) atoms. The van der Waals surface area contributed by atoms with E-state index in [1.54, 1.807) is 0 Å². The summed E-state index contributed by atoms with van der Waals surface area (Å²) >= 11 is 24.6. The minimum Gasteiger partial charge on any atom is -0.296 e. The second-order valence-electron chi connectivity index (χ2n) is 4.28. The van der Waals surface area contributed by atoms with Crippen LogP contribution in [-0.2, 0) is 0 Å². The minimum atomic E-state index is -0.657. The predicted octanol–water partition coefficient (Wildman–Crippen LogP) is 5.70. The van der Waals surface area contributed by atoms with E-state index in [4.69, 9.17) is 46.4 Å². The third-order valence-corrected chi connectivity index (χ3v) is 5.38. The number of pyridine rings is 1. The predicted molar refractivity (Wildman–Crippen MR) is 91.8 cm³/mol. The fraction of sp³-hybridized carbons (Fsp3) is 0. The zero-order chi connectivity index (χ0) is 16.7. The molecule has 2 aromatic heterocycles. The average Bonchev–Trinajstić information content (AvgIpc) is 2.89. The summed E-state index contributed by atoms with van der Waals surface area (Å²) in [6.45, 7) is 0. The van der Waals surface area contributed by atoms with Gasteiger partial charge < -0.3 is 0 Å². The molecule has 0 radical (unpaired) electrons. The lowest BCUT2D eigenvalue weighted by atomic mass is 10.3. The summed E-state index contributed by atoms with van der Waals surface area (Å²) in [6.07, 6.45) is 0. The van der Waals surface area contributed by atoms with E-state index in [-0.39, 0.29) is 36.9 Å². The molecule has 118 valence electrons. The van der Waals surface area contributed by atoms with Crippen molar-refractivity contribution in [2.75, 3.05) is 5.32 Å². The Labute approximate surface area is 153 Å². The summed E-state index contributed by atoms with van der Waals surface area (Å²) in [4.78, 5) is 20.3. The quantitative estimate of drug-likeness (QED) is 0.551. The number of thiazole rings is 1. The number of carbonyl (C=O) groups is 1. The monoisotopic (exact) mass is 409 g/mol. The molecule has 1 amide bonds. The van der Waals surface area contributed by atoms with E-state index in [1.165, 1.54) is 18.2 Å². The van der Waals surface area contributed by atoms with Crippen molar-refractivity contribution in [1.82, 2.24) is 9.97 Å². The first-order valence-electron chi connectivity index (χ1n) is 5.94. The van der Waals surface area contributed by atoms with Gasteiger partial charge in [0.05, 0.1) is 25.3 Å². The molecule has 0 aliphatic heterocycles. The number of hydrogen-bond acceptors (Lipinski definition) is 4. The van der Waals surface area contributed by atoms with E-state index in [2.05, 4.69) is 15.3 Å². The number of benzene rings is 1. The molecular formula is C13H4Cl4FN3OS. The average molecular weight is 411 g/mol. The molecule has 10 heteroatoms. The van der Waals surface area contributed by atoms with Gasteiger partial charge in [-0.15, -0.1) is 0 Å². The number of aromatic nitrogens is 2. The number of rotatable bonds is 2. The molecule has 0 unspecified atom stereocenters. The number of nitrogens with one attached hydrogen (secondary N) is 1. The molecule has 4 nitrogen and oxygen atoms in total.